The third-order valence-corrected chi connectivity index (χ3v) is 4.95. The molecule has 1 aromatic carbocycles. The van der Waals surface area contributed by atoms with Gasteiger partial charge in [-0.3, -0.25) is 0 Å². The predicted octanol–water partition coefficient (Wildman–Crippen LogP) is 2.23. The van der Waals surface area contributed by atoms with E-state index in [4.69, 9.17) is 22.6 Å². The van der Waals surface area contributed by atoms with Crippen molar-refractivity contribution in [1.29, 1.82) is 5.26 Å². The molecule has 0 heterocycles. The summed E-state index contributed by atoms with van der Waals surface area (Å²) in [6.45, 7) is 3.62. The van der Waals surface area contributed by atoms with Crippen molar-refractivity contribution in [2.45, 2.75) is 31.2 Å². The van der Waals surface area contributed by atoms with Crippen LogP contribution in [0.25, 0.3) is 0 Å². The smallest absolute Gasteiger partial charge is 0.245 e. The molecule has 5 nitrogen and oxygen atoms in total. The van der Waals surface area contributed by atoms with Gasteiger partial charge in [0.2, 0.25) is 10.0 Å². The molecule has 0 radical (unpaired) electrons. The summed E-state index contributed by atoms with van der Waals surface area (Å²) in [6, 6.07) is 5.99. The van der Waals surface area contributed by atoms with Crippen molar-refractivity contribution in [2.24, 2.45) is 0 Å². The predicted molar refractivity (Wildman–Crippen MR) is 75.1 cm³/mol. The zero-order valence-corrected chi connectivity index (χ0v) is 12.4. The molecule has 0 aromatic heterocycles. The lowest BCUT2D eigenvalue weighted by atomic mass is 10.3. The number of nitrogen functional groups attached to an aromatic ring is 1. The van der Waals surface area contributed by atoms with Crippen LogP contribution in [0.15, 0.2) is 23.1 Å². The van der Waals surface area contributed by atoms with Crippen LogP contribution in [-0.4, -0.2) is 25.3 Å². The van der Waals surface area contributed by atoms with Gasteiger partial charge in [-0.15, -0.1) is 0 Å². The van der Waals surface area contributed by atoms with Crippen molar-refractivity contribution in [2.75, 3.05) is 12.3 Å². The second-order valence-corrected chi connectivity index (χ2v) is 6.60. The Hall–Kier alpha value is -1.29. The fourth-order valence-corrected chi connectivity index (χ4v) is 3.69. The second-order valence-electron chi connectivity index (χ2n) is 4.30. The van der Waals surface area contributed by atoms with Gasteiger partial charge in [0.1, 0.15) is 4.90 Å². The maximum Gasteiger partial charge on any atom is 0.245 e. The van der Waals surface area contributed by atoms with Crippen LogP contribution in [0.2, 0.25) is 5.02 Å². The van der Waals surface area contributed by atoms with E-state index < -0.39 is 10.0 Å². The average molecular weight is 302 g/mol. The summed E-state index contributed by atoms with van der Waals surface area (Å²) in [5, 5.41) is 8.92. The lowest BCUT2D eigenvalue weighted by Gasteiger charge is -2.25. The first-order chi connectivity index (χ1) is 8.80. The van der Waals surface area contributed by atoms with E-state index in [-0.39, 0.29) is 29.6 Å². The molecule has 1 rings (SSSR count). The molecule has 1 aromatic rings. The summed E-state index contributed by atoms with van der Waals surface area (Å²) in [7, 11) is -3.75. The maximum atomic E-state index is 12.5. The molecule has 0 unspecified atom stereocenters. The molecule has 7 heteroatoms. The number of anilines is 1. The molecule has 0 aliphatic rings. The lowest BCUT2D eigenvalue weighted by molar-refractivity contribution is 0.360. The van der Waals surface area contributed by atoms with Gasteiger partial charge >= 0.3 is 0 Å². The van der Waals surface area contributed by atoms with Crippen molar-refractivity contribution in [3.63, 3.8) is 0 Å². The Balaban J connectivity index is 3.27. The van der Waals surface area contributed by atoms with Crippen molar-refractivity contribution in [3.05, 3.63) is 23.2 Å². The van der Waals surface area contributed by atoms with Crippen molar-refractivity contribution in [1.82, 2.24) is 4.31 Å². The Kier molecular flexibility index (Phi) is 5.18. The summed E-state index contributed by atoms with van der Waals surface area (Å²) in [5.74, 6) is 0. The number of nitriles is 1. The SMILES string of the molecule is CC(C)N(CCC#N)S(=O)(=O)c1cc(Cl)ccc1N. The Morgan fingerprint density at radius 1 is 1.47 bits per heavy atom. The van der Waals surface area contributed by atoms with Gasteiger partial charge in [0.05, 0.1) is 11.8 Å². The van der Waals surface area contributed by atoms with E-state index >= 15 is 0 Å². The van der Waals surface area contributed by atoms with Gasteiger partial charge in [0, 0.05) is 24.0 Å². The van der Waals surface area contributed by atoms with Gasteiger partial charge in [-0.1, -0.05) is 11.6 Å². The Morgan fingerprint density at radius 3 is 2.63 bits per heavy atom. The van der Waals surface area contributed by atoms with E-state index in [0.29, 0.717) is 5.02 Å². The van der Waals surface area contributed by atoms with E-state index in [1.807, 2.05) is 6.07 Å². The molecule has 0 aliphatic heterocycles. The van der Waals surface area contributed by atoms with E-state index in [9.17, 15) is 8.42 Å². The average Bonchev–Trinajstić information content (AvgIpc) is 2.32. The minimum atomic E-state index is -3.75. The summed E-state index contributed by atoms with van der Waals surface area (Å²) < 4.78 is 26.3. The minimum Gasteiger partial charge on any atom is -0.398 e. The van der Waals surface area contributed by atoms with Gasteiger partial charge in [0.25, 0.3) is 0 Å². The first kappa shape index (κ1) is 15.8. The highest BCUT2D eigenvalue weighted by molar-refractivity contribution is 7.89. The second kappa shape index (κ2) is 6.24. The number of halogens is 1. The third kappa shape index (κ3) is 3.60. The zero-order chi connectivity index (χ0) is 14.6. The molecule has 0 saturated heterocycles. The zero-order valence-electron chi connectivity index (χ0n) is 10.8. The molecule has 104 valence electrons. The molecule has 19 heavy (non-hydrogen) atoms. The molecular formula is C12H16ClN3O2S. The highest BCUT2D eigenvalue weighted by Gasteiger charge is 2.28. The number of nitrogens with two attached hydrogens (primary N) is 1. The van der Waals surface area contributed by atoms with E-state index in [2.05, 4.69) is 0 Å². The topological polar surface area (TPSA) is 87.2 Å². The van der Waals surface area contributed by atoms with Crippen LogP contribution in [0.5, 0.6) is 0 Å². The van der Waals surface area contributed by atoms with E-state index in [0.717, 1.165) is 0 Å². The van der Waals surface area contributed by atoms with Crippen LogP contribution in [0.4, 0.5) is 5.69 Å². The quantitative estimate of drug-likeness (QED) is 0.845. The molecular weight excluding hydrogens is 286 g/mol. The van der Waals surface area contributed by atoms with Gasteiger partial charge in [-0.05, 0) is 32.0 Å². The van der Waals surface area contributed by atoms with Crippen LogP contribution >= 0.6 is 11.6 Å². The Bertz CT molecular complexity index is 593. The first-order valence-corrected chi connectivity index (χ1v) is 7.56. The van der Waals surface area contributed by atoms with Crippen molar-refractivity contribution in [3.8, 4) is 6.07 Å². The molecule has 2 N–H and O–H groups in total. The van der Waals surface area contributed by atoms with Crippen LogP contribution in [0.3, 0.4) is 0 Å². The largest absolute Gasteiger partial charge is 0.398 e. The Morgan fingerprint density at radius 2 is 2.11 bits per heavy atom. The van der Waals surface area contributed by atoms with Gasteiger partial charge in [-0.2, -0.15) is 9.57 Å². The Labute approximate surface area is 118 Å². The number of rotatable bonds is 5. The van der Waals surface area contributed by atoms with Crippen LogP contribution in [-0.2, 0) is 10.0 Å². The number of sulfonamides is 1. The number of benzene rings is 1. The molecule has 0 saturated carbocycles. The molecule has 0 spiro atoms. The van der Waals surface area contributed by atoms with E-state index in [1.165, 1.54) is 22.5 Å². The lowest BCUT2D eigenvalue weighted by Crippen LogP contribution is -2.37. The standard InChI is InChI=1S/C12H16ClN3O2S/c1-9(2)16(7-3-6-14)19(17,18)12-8-10(13)4-5-11(12)15/h4-5,8-9H,3,7,15H2,1-2H3. The molecule has 0 bridgehead atoms. The first-order valence-electron chi connectivity index (χ1n) is 5.74. The minimum absolute atomic E-state index is 0.0216. The van der Waals surface area contributed by atoms with E-state index in [1.54, 1.807) is 13.8 Å². The summed E-state index contributed by atoms with van der Waals surface area (Å²) >= 11 is 5.82. The van der Waals surface area contributed by atoms with Gasteiger partial charge < -0.3 is 5.73 Å². The fourth-order valence-electron chi connectivity index (χ4n) is 1.67. The van der Waals surface area contributed by atoms with Crippen LogP contribution in [0.1, 0.15) is 20.3 Å². The normalized spacial score (nSPS) is 11.8. The van der Waals surface area contributed by atoms with Gasteiger partial charge in [0.15, 0.2) is 0 Å². The maximum absolute atomic E-state index is 12.5. The molecule has 0 atom stereocenters. The fraction of sp³-hybridized carbons (Fsp3) is 0.417. The van der Waals surface area contributed by atoms with Crippen LogP contribution in [0, 0.1) is 11.3 Å². The summed E-state index contributed by atoms with van der Waals surface area (Å²) in [6.07, 6.45) is 0.123. The summed E-state index contributed by atoms with van der Waals surface area (Å²) in [5.41, 5.74) is 5.86. The van der Waals surface area contributed by atoms with Gasteiger partial charge in [-0.25, -0.2) is 8.42 Å². The molecule has 0 aliphatic carbocycles. The molecule has 0 fully saturated rings. The van der Waals surface area contributed by atoms with Crippen molar-refractivity contribution >= 4 is 27.3 Å². The molecule has 0 amide bonds. The number of hydrogen-bond donors (Lipinski definition) is 1. The van der Waals surface area contributed by atoms with Crippen LogP contribution < -0.4 is 5.73 Å². The highest BCUT2D eigenvalue weighted by atomic mass is 35.5. The monoisotopic (exact) mass is 301 g/mol. The summed E-state index contributed by atoms with van der Waals surface area (Å²) in [4.78, 5) is -0.0216. The number of hydrogen-bond acceptors (Lipinski definition) is 4. The highest BCUT2D eigenvalue weighted by Crippen LogP contribution is 2.27. The third-order valence-electron chi connectivity index (χ3n) is 2.58. The number of nitrogens with zero attached hydrogens (tertiary/aromatic N) is 2. The van der Waals surface area contributed by atoms with Crippen molar-refractivity contribution < 1.29 is 8.42 Å².